The number of H-pyrrole nitrogens is 2. The molecular weight excluding hydrogens is 479 g/mol. The van der Waals surface area contributed by atoms with Crippen LogP contribution in [0.15, 0.2) is 85.3 Å². The first-order valence-corrected chi connectivity index (χ1v) is 12.1. The van der Waals surface area contributed by atoms with Crippen molar-refractivity contribution in [1.29, 1.82) is 0 Å². The van der Waals surface area contributed by atoms with Crippen LogP contribution in [-0.4, -0.2) is 55.7 Å². The Labute approximate surface area is 218 Å². The number of rotatable bonds is 7. The number of pyridine rings is 2. The quantitative estimate of drug-likeness (QED) is 0.252. The summed E-state index contributed by atoms with van der Waals surface area (Å²) in [5, 5.41) is 10.9. The van der Waals surface area contributed by atoms with E-state index < -0.39 is 0 Å². The van der Waals surface area contributed by atoms with Crippen LogP contribution >= 0.6 is 0 Å². The molecule has 0 aliphatic rings. The summed E-state index contributed by atoms with van der Waals surface area (Å²) >= 11 is 0. The molecule has 0 saturated heterocycles. The Bertz CT molecular complexity index is 1800. The molecule has 0 spiro atoms. The van der Waals surface area contributed by atoms with E-state index in [0.717, 1.165) is 50.3 Å². The van der Waals surface area contributed by atoms with Gasteiger partial charge in [0.1, 0.15) is 11.3 Å². The van der Waals surface area contributed by atoms with Gasteiger partial charge in [0.05, 0.1) is 34.1 Å². The van der Waals surface area contributed by atoms with Crippen LogP contribution in [0.25, 0.3) is 56.0 Å². The van der Waals surface area contributed by atoms with E-state index in [-0.39, 0.29) is 5.82 Å². The Morgan fingerprint density at radius 3 is 2.66 bits per heavy atom. The van der Waals surface area contributed by atoms with Gasteiger partial charge in [0.25, 0.3) is 0 Å². The number of aromatic nitrogens is 6. The minimum atomic E-state index is -0.291. The van der Waals surface area contributed by atoms with Gasteiger partial charge < -0.3 is 15.2 Å². The van der Waals surface area contributed by atoms with Crippen molar-refractivity contribution in [3.05, 3.63) is 91.2 Å². The van der Waals surface area contributed by atoms with Gasteiger partial charge in [0, 0.05) is 29.6 Å². The van der Waals surface area contributed by atoms with Gasteiger partial charge in [0.15, 0.2) is 11.5 Å². The molecule has 0 fully saturated rings. The van der Waals surface area contributed by atoms with Gasteiger partial charge in [-0.15, -0.1) is 0 Å². The van der Waals surface area contributed by atoms with E-state index in [2.05, 4.69) is 32.1 Å². The van der Waals surface area contributed by atoms with Crippen molar-refractivity contribution >= 4 is 27.8 Å². The minimum Gasteiger partial charge on any atom is -0.357 e. The zero-order chi connectivity index (χ0) is 26.2. The van der Waals surface area contributed by atoms with Gasteiger partial charge in [0.2, 0.25) is 0 Å². The van der Waals surface area contributed by atoms with Crippen molar-refractivity contribution in [2.45, 2.75) is 0 Å². The van der Waals surface area contributed by atoms with E-state index in [9.17, 15) is 4.39 Å². The van der Waals surface area contributed by atoms with Crippen LogP contribution in [0.2, 0.25) is 0 Å². The lowest BCUT2D eigenvalue weighted by molar-refractivity contribution is 0.447. The summed E-state index contributed by atoms with van der Waals surface area (Å²) in [6.07, 6.45) is 3.54. The summed E-state index contributed by atoms with van der Waals surface area (Å²) < 4.78 is 13.9. The molecule has 0 aliphatic heterocycles. The third-order valence-electron chi connectivity index (χ3n) is 6.14. The van der Waals surface area contributed by atoms with Gasteiger partial charge in [-0.25, -0.2) is 14.4 Å². The lowest BCUT2D eigenvalue weighted by Crippen LogP contribution is -2.18. The van der Waals surface area contributed by atoms with Crippen molar-refractivity contribution in [1.82, 2.24) is 35.0 Å². The van der Waals surface area contributed by atoms with Crippen molar-refractivity contribution in [2.75, 3.05) is 26.0 Å². The Hall–Kier alpha value is -4.89. The molecule has 0 saturated carbocycles. The zero-order valence-corrected chi connectivity index (χ0v) is 21.0. The number of aromatic amines is 2. The molecule has 0 bridgehead atoms. The molecule has 0 aliphatic carbocycles. The Kier molecular flexibility index (Phi) is 5.89. The molecule has 8 nitrogen and oxygen atoms in total. The average molecular weight is 505 g/mol. The summed E-state index contributed by atoms with van der Waals surface area (Å²) in [6, 6.07) is 18.2. The molecule has 0 radical (unpaired) electrons. The average Bonchev–Trinajstić information content (AvgIpc) is 3.52. The van der Waals surface area contributed by atoms with E-state index in [1.165, 1.54) is 12.1 Å². The molecule has 0 unspecified atom stereocenters. The van der Waals surface area contributed by atoms with Gasteiger partial charge in [-0.2, -0.15) is 5.10 Å². The normalized spacial score (nSPS) is 11.5. The molecule has 4 aromatic heterocycles. The highest BCUT2D eigenvalue weighted by molar-refractivity contribution is 5.96. The molecule has 6 aromatic rings. The Morgan fingerprint density at radius 2 is 1.82 bits per heavy atom. The number of hydrogen-bond acceptors (Lipinski definition) is 6. The van der Waals surface area contributed by atoms with Crippen LogP contribution in [0.5, 0.6) is 0 Å². The number of para-hydroxylation sites is 1. The SMILES string of the molecule is C=C(CN(C)C)Nc1cncc(-c2ccc3[nH]nc(-c4nc5c(-c6cccc(F)c6)cccc5[nH]4)c3n2)c1. The predicted molar refractivity (Wildman–Crippen MR) is 149 cm³/mol. The van der Waals surface area contributed by atoms with Gasteiger partial charge in [-0.3, -0.25) is 10.1 Å². The first kappa shape index (κ1) is 23.5. The molecule has 0 amide bonds. The van der Waals surface area contributed by atoms with Crippen molar-refractivity contribution < 1.29 is 4.39 Å². The van der Waals surface area contributed by atoms with Crippen LogP contribution in [0.3, 0.4) is 0 Å². The fourth-order valence-electron chi connectivity index (χ4n) is 4.53. The topological polar surface area (TPSA) is 98.4 Å². The predicted octanol–water partition coefficient (Wildman–Crippen LogP) is 5.86. The van der Waals surface area contributed by atoms with E-state index in [1.54, 1.807) is 18.5 Å². The lowest BCUT2D eigenvalue weighted by Gasteiger charge is -2.14. The van der Waals surface area contributed by atoms with Crippen LogP contribution in [0.4, 0.5) is 10.1 Å². The minimum absolute atomic E-state index is 0.291. The van der Waals surface area contributed by atoms with Crippen LogP contribution in [0, 0.1) is 5.82 Å². The summed E-state index contributed by atoms with van der Waals surface area (Å²) in [7, 11) is 3.99. The number of benzene rings is 2. The molecule has 9 heteroatoms. The molecule has 6 rings (SSSR count). The molecule has 4 heterocycles. The number of anilines is 1. The summed E-state index contributed by atoms with van der Waals surface area (Å²) in [6.45, 7) is 4.80. The van der Waals surface area contributed by atoms with Crippen LogP contribution in [0.1, 0.15) is 0 Å². The third kappa shape index (κ3) is 4.51. The van der Waals surface area contributed by atoms with Crippen molar-refractivity contribution in [2.24, 2.45) is 0 Å². The van der Waals surface area contributed by atoms with E-state index in [0.29, 0.717) is 23.6 Å². The zero-order valence-electron chi connectivity index (χ0n) is 21.0. The number of hydrogen-bond donors (Lipinski definition) is 3. The van der Waals surface area contributed by atoms with Crippen LogP contribution < -0.4 is 5.32 Å². The lowest BCUT2D eigenvalue weighted by atomic mass is 10.0. The smallest absolute Gasteiger partial charge is 0.161 e. The second kappa shape index (κ2) is 9.53. The largest absolute Gasteiger partial charge is 0.357 e. The standard InChI is InChI=1S/C29H25FN8/c1-17(16-38(2)3)32-21-13-19(14-31-15-21)23-10-11-25-27(33-23)28(37-36-25)29-34-24-9-5-8-22(26(24)35-29)18-6-4-7-20(30)12-18/h4-15,32H,1,16H2,2-3H3,(H,34,35)(H,36,37). The number of fused-ring (bicyclic) bond motifs is 2. The van der Waals surface area contributed by atoms with Gasteiger partial charge >= 0.3 is 0 Å². The molecular formula is C29H25FN8. The second-order valence-electron chi connectivity index (χ2n) is 9.39. The first-order valence-electron chi connectivity index (χ1n) is 12.1. The van der Waals surface area contributed by atoms with Gasteiger partial charge in [-0.05, 0) is 56.1 Å². The highest BCUT2D eigenvalue weighted by Gasteiger charge is 2.17. The van der Waals surface area contributed by atoms with E-state index in [4.69, 9.17) is 9.97 Å². The fourth-order valence-corrected chi connectivity index (χ4v) is 4.53. The summed E-state index contributed by atoms with van der Waals surface area (Å²) in [5.74, 6) is 0.286. The molecule has 2 aromatic carbocycles. The Morgan fingerprint density at radius 1 is 0.947 bits per heavy atom. The second-order valence-corrected chi connectivity index (χ2v) is 9.39. The monoisotopic (exact) mass is 504 g/mol. The van der Waals surface area contributed by atoms with Crippen LogP contribution in [-0.2, 0) is 0 Å². The third-order valence-corrected chi connectivity index (χ3v) is 6.14. The highest BCUT2D eigenvalue weighted by atomic mass is 19.1. The van der Waals surface area contributed by atoms with Crippen molar-refractivity contribution in [3.63, 3.8) is 0 Å². The molecule has 38 heavy (non-hydrogen) atoms. The maximum atomic E-state index is 13.9. The highest BCUT2D eigenvalue weighted by Crippen LogP contribution is 2.32. The number of nitrogens with one attached hydrogen (secondary N) is 3. The summed E-state index contributed by atoms with van der Waals surface area (Å²) in [4.78, 5) is 19.5. The number of halogens is 1. The first-order chi connectivity index (χ1) is 18.4. The van der Waals surface area contributed by atoms with Gasteiger partial charge in [-0.1, -0.05) is 30.8 Å². The Balaban J connectivity index is 1.38. The molecule has 3 N–H and O–H groups in total. The molecule has 0 atom stereocenters. The number of likely N-dealkylation sites (N-methyl/N-ethyl adjacent to an activating group) is 1. The fraction of sp³-hybridized carbons (Fsp3) is 0.103. The van der Waals surface area contributed by atoms with Crippen molar-refractivity contribution in [3.8, 4) is 33.9 Å². The van der Waals surface area contributed by atoms with E-state index >= 15 is 0 Å². The van der Waals surface area contributed by atoms with E-state index in [1.807, 2.05) is 61.5 Å². The number of nitrogens with zero attached hydrogens (tertiary/aromatic N) is 5. The molecule has 188 valence electrons. The maximum absolute atomic E-state index is 13.9. The maximum Gasteiger partial charge on any atom is 0.161 e. The number of imidazole rings is 1. The summed E-state index contributed by atoms with van der Waals surface area (Å²) in [5.41, 5.74) is 8.56.